The van der Waals surface area contributed by atoms with Crippen molar-refractivity contribution < 1.29 is 0 Å². The van der Waals surface area contributed by atoms with Gasteiger partial charge in [-0.1, -0.05) is 168 Å². The lowest BCUT2D eigenvalue weighted by molar-refractivity contribution is 0.775. The van der Waals surface area contributed by atoms with Crippen molar-refractivity contribution in [3.8, 4) is 39.2 Å². The molecule has 0 bridgehead atoms. The Morgan fingerprint density at radius 3 is 1.98 bits per heavy atom. The molecule has 55 heavy (non-hydrogen) atoms. The molecule has 4 heterocycles. The van der Waals surface area contributed by atoms with E-state index in [1.165, 1.54) is 88.4 Å². The van der Waals surface area contributed by atoms with Crippen LogP contribution in [0, 0.1) is 0 Å². The predicted octanol–water partition coefficient (Wildman–Crippen LogP) is 10.2. The molecule has 0 saturated heterocycles. The molecule has 0 radical (unpaired) electrons. The maximum atomic E-state index is 5.12. The third-order valence-electron chi connectivity index (χ3n) is 12.9. The average Bonchev–Trinajstić information content (AvgIpc) is 3.88. The molecule has 0 N–H and O–H groups in total. The van der Waals surface area contributed by atoms with Crippen LogP contribution in [0.2, 0.25) is 0 Å². The van der Waals surface area contributed by atoms with Crippen molar-refractivity contribution in [2.24, 2.45) is 0 Å². The second-order valence-corrected chi connectivity index (χ2v) is 15.3. The van der Waals surface area contributed by atoms with Crippen LogP contribution in [-0.2, 0) is 5.41 Å². The quantitative estimate of drug-likeness (QED) is 0.165. The Labute approximate surface area is 319 Å². The molecule has 13 rings (SSSR count). The molecule has 2 nitrogen and oxygen atoms in total. The molecular weight excluding hydrogens is 663 g/mol. The summed E-state index contributed by atoms with van der Waals surface area (Å²) in [7, 11) is 0. The van der Waals surface area contributed by atoms with Crippen LogP contribution in [0.25, 0.3) is 71.9 Å². The molecule has 2 aliphatic heterocycles. The first-order valence-corrected chi connectivity index (χ1v) is 19.3. The summed E-state index contributed by atoms with van der Waals surface area (Å²) < 4.78 is 2.50. The zero-order valence-corrected chi connectivity index (χ0v) is 29.9. The van der Waals surface area contributed by atoms with Crippen LogP contribution >= 0.6 is 0 Å². The van der Waals surface area contributed by atoms with E-state index < -0.39 is 5.41 Å². The van der Waals surface area contributed by atoms with Crippen molar-refractivity contribution in [1.82, 2.24) is 9.55 Å². The highest BCUT2D eigenvalue weighted by atomic mass is 15.0. The standard InChI is InChI=1S/C52H31BN2/c1-8-23-45-32(13-1)28-30-46(54-45)33-27-29-40-38(31-33)34-14-2-5-18-39(34)52(40)41-19-6-7-21-43(41)53-44-22-12-26-49(50(44)37-17-11-20-42(52)51(37)53)55-47-24-9-3-15-35(47)36-16-4-10-25-48(36)55/h1-31H. The number of fused-ring (bicyclic) bond motifs is 16. The van der Waals surface area contributed by atoms with Crippen molar-refractivity contribution >= 4 is 55.8 Å². The predicted molar refractivity (Wildman–Crippen MR) is 229 cm³/mol. The maximum Gasteiger partial charge on any atom is 0.243 e. The topological polar surface area (TPSA) is 17.8 Å². The summed E-state index contributed by atoms with van der Waals surface area (Å²) in [5.41, 5.74) is 21.3. The van der Waals surface area contributed by atoms with Gasteiger partial charge in [-0.15, -0.1) is 0 Å². The molecule has 1 aliphatic carbocycles. The summed E-state index contributed by atoms with van der Waals surface area (Å²) >= 11 is 0. The number of aromatic nitrogens is 2. The summed E-state index contributed by atoms with van der Waals surface area (Å²) in [5.74, 6) is 0. The molecule has 1 atom stereocenters. The number of nitrogens with zero attached hydrogens (tertiary/aromatic N) is 2. The highest BCUT2D eigenvalue weighted by Gasteiger charge is 2.55. The second kappa shape index (κ2) is 10.6. The Morgan fingerprint density at radius 1 is 0.455 bits per heavy atom. The minimum Gasteiger partial charge on any atom is -0.309 e. The van der Waals surface area contributed by atoms with Crippen LogP contribution in [0.5, 0.6) is 0 Å². The lowest BCUT2D eigenvalue weighted by Gasteiger charge is -2.42. The average molecular weight is 695 g/mol. The van der Waals surface area contributed by atoms with Crippen molar-refractivity contribution in [2.75, 3.05) is 0 Å². The summed E-state index contributed by atoms with van der Waals surface area (Å²) in [4.78, 5) is 5.12. The van der Waals surface area contributed by atoms with E-state index in [0.29, 0.717) is 0 Å². The fraction of sp³-hybridized carbons (Fsp3) is 0.0192. The Bertz CT molecular complexity index is 3250. The Morgan fingerprint density at radius 2 is 1.11 bits per heavy atom. The van der Waals surface area contributed by atoms with Gasteiger partial charge < -0.3 is 4.57 Å². The molecule has 0 saturated carbocycles. The largest absolute Gasteiger partial charge is 0.309 e. The van der Waals surface area contributed by atoms with E-state index in [2.05, 4.69) is 193 Å². The van der Waals surface area contributed by atoms with Crippen molar-refractivity contribution in [3.05, 3.63) is 210 Å². The van der Waals surface area contributed by atoms with Gasteiger partial charge in [-0.25, -0.2) is 4.98 Å². The Kier molecular flexibility index (Phi) is 5.68. The fourth-order valence-corrected chi connectivity index (χ4v) is 10.8. The first-order valence-electron chi connectivity index (χ1n) is 19.3. The molecule has 3 heteroatoms. The smallest absolute Gasteiger partial charge is 0.243 e. The van der Waals surface area contributed by atoms with Gasteiger partial charge in [0.05, 0.1) is 33.3 Å². The number of rotatable bonds is 2. The van der Waals surface area contributed by atoms with Crippen molar-refractivity contribution in [1.29, 1.82) is 0 Å². The van der Waals surface area contributed by atoms with Gasteiger partial charge in [-0.2, -0.15) is 0 Å². The van der Waals surface area contributed by atoms with Crippen LogP contribution in [0.3, 0.4) is 0 Å². The second-order valence-electron chi connectivity index (χ2n) is 15.3. The van der Waals surface area contributed by atoms with Gasteiger partial charge in [0.2, 0.25) is 6.71 Å². The number of hydrogen-bond acceptors (Lipinski definition) is 1. The van der Waals surface area contributed by atoms with E-state index in [1.54, 1.807) is 0 Å². The summed E-state index contributed by atoms with van der Waals surface area (Å²) in [6.07, 6.45) is 0. The monoisotopic (exact) mass is 694 g/mol. The number of benzene rings is 8. The van der Waals surface area contributed by atoms with Gasteiger partial charge in [0.25, 0.3) is 0 Å². The number of pyridine rings is 1. The Hall–Kier alpha value is -6.97. The van der Waals surface area contributed by atoms with Gasteiger partial charge in [0.15, 0.2) is 0 Å². The van der Waals surface area contributed by atoms with Crippen LogP contribution in [0.1, 0.15) is 22.3 Å². The minimum absolute atomic E-state index is 0.133. The zero-order valence-electron chi connectivity index (χ0n) is 29.9. The van der Waals surface area contributed by atoms with E-state index in [4.69, 9.17) is 4.98 Å². The number of para-hydroxylation sites is 3. The zero-order chi connectivity index (χ0) is 35.8. The van der Waals surface area contributed by atoms with Gasteiger partial charge in [0, 0.05) is 27.3 Å². The third kappa shape index (κ3) is 3.63. The van der Waals surface area contributed by atoms with E-state index in [9.17, 15) is 0 Å². The molecule has 1 spiro atoms. The van der Waals surface area contributed by atoms with Gasteiger partial charge >= 0.3 is 0 Å². The van der Waals surface area contributed by atoms with E-state index >= 15 is 0 Å². The van der Waals surface area contributed by atoms with Crippen LogP contribution < -0.4 is 16.4 Å². The van der Waals surface area contributed by atoms with Gasteiger partial charge in [-0.05, 0) is 75.3 Å². The van der Waals surface area contributed by atoms with E-state index in [0.717, 1.165) is 22.2 Å². The van der Waals surface area contributed by atoms with Crippen LogP contribution in [0.4, 0.5) is 0 Å². The van der Waals surface area contributed by atoms with Crippen LogP contribution in [0.15, 0.2) is 188 Å². The summed E-state index contributed by atoms with van der Waals surface area (Å²) in [6, 6.07) is 70.1. The SMILES string of the molecule is c1ccc2c(c1)B1c3cccc(-n4c5ccccc5c5ccccc54)c3-c3cccc(c31)C21c2ccccc2-c2cc(-c3ccc4ccccc4n3)ccc21. The van der Waals surface area contributed by atoms with Crippen molar-refractivity contribution in [3.63, 3.8) is 0 Å². The fourth-order valence-electron chi connectivity index (χ4n) is 10.8. The normalized spacial score (nSPS) is 15.7. The van der Waals surface area contributed by atoms with Gasteiger partial charge in [0.1, 0.15) is 0 Å². The lowest BCUT2D eigenvalue weighted by atomic mass is 9.32. The minimum atomic E-state index is -0.464. The van der Waals surface area contributed by atoms with E-state index in [1.807, 2.05) is 0 Å². The molecule has 8 aromatic carbocycles. The Balaban J connectivity index is 1.10. The van der Waals surface area contributed by atoms with E-state index in [-0.39, 0.29) is 6.71 Å². The number of hydrogen-bond donors (Lipinski definition) is 0. The van der Waals surface area contributed by atoms with Crippen molar-refractivity contribution in [2.45, 2.75) is 5.41 Å². The molecule has 0 amide bonds. The van der Waals surface area contributed by atoms with Crippen LogP contribution in [-0.4, -0.2) is 16.3 Å². The molecule has 252 valence electrons. The summed E-state index contributed by atoms with van der Waals surface area (Å²) in [6.45, 7) is 0.133. The first kappa shape index (κ1) is 29.5. The highest BCUT2D eigenvalue weighted by molar-refractivity contribution is 7.00. The lowest BCUT2D eigenvalue weighted by Crippen LogP contribution is -2.59. The molecule has 1 unspecified atom stereocenters. The molecule has 10 aromatic rings. The van der Waals surface area contributed by atoms with Gasteiger partial charge in [-0.3, -0.25) is 0 Å². The maximum absolute atomic E-state index is 5.12. The highest BCUT2D eigenvalue weighted by Crippen LogP contribution is 2.58. The summed E-state index contributed by atoms with van der Waals surface area (Å²) in [5, 5.41) is 3.72. The molecule has 0 fully saturated rings. The molecule has 2 aromatic heterocycles. The molecule has 3 aliphatic rings. The molecular formula is C52H31BN2. The third-order valence-corrected chi connectivity index (χ3v) is 12.9. The first-order chi connectivity index (χ1) is 27.3.